The molecule has 2 aromatic carbocycles. The van der Waals surface area contributed by atoms with Crippen LogP contribution in [0, 0.1) is 0 Å². The first-order valence-corrected chi connectivity index (χ1v) is 8.38. The first-order chi connectivity index (χ1) is 10.3. The van der Waals surface area contributed by atoms with Crippen molar-refractivity contribution in [2.24, 2.45) is 0 Å². The lowest BCUT2D eigenvalue weighted by molar-refractivity contribution is 1.00. The van der Waals surface area contributed by atoms with Crippen LogP contribution in [-0.4, -0.2) is 10.2 Å². The molecule has 0 unspecified atom stereocenters. The molecule has 3 aromatic rings. The first-order valence-electron chi connectivity index (χ1n) is 6.68. The van der Waals surface area contributed by atoms with Crippen molar-refractivity contribution in [2.45, 2.75) is 16.5 Å². The number of nitrogens with one attached hydrogen (secondary N) is 1. The number of aromatic nitrogens is 2. The van der Waals surface area contributed by atoms with Crippen molar-refractivity contribution in [2.75, 3.05) is 5.32 Å². The molecule has 0 aliphatic rings. The van der Waals surface area contributed by atoms with Gasteiger partial charge < -0.3 is 5.32 Å². The predicted molar refractivity (Wildman–Crippen MR) is 90.3 cm³/mol. The molecule has 0 fully saturated rings. The van der Waals surface area contributed by atoms with E-state index in [9.17, 15) is 0 Å². The smallest absolute Gasteiger partial charge is 0.210 e. The molecular formula is C16H15N3S2. The summed E-state index contributed by atoms with van der Waals surface area (Å²) in [5.74, 6) is 0. The number of rotatable bonds is 5. The summed E-state index contributed by atoms with van der Waals surface area (Å²) in [4.78, 5) is 0. The summed E-state index contributed by atoms with van der Waals surface area (Å²) in [6.07, 6.45) is 0. The maximum absolute atomic E-state index is 4.25. The number of nitrogens with zero attached hydrogens (tertiary/aromatic N) is 2. The van der Waals surface area contributed by atoms with E-state index in [2.05, 4.69) is 46.7 Å². The Bertz CT molecular complexity index is 683. The molecule has 0 radical (unpaired) electrons. The van der Waals surface area contributed by atoms with Crippen LogP contribution < -0.4 is 5.32 Å². The summed E-state index contributed by atoms with van der Waals surface area (Å²) in [6, 6.07) is 20.5. The molecule has 0 bridgehead atoms. The van der Waals surface area contributed by atoms with Crippen LogP contribution in [0.3, 0.4) is 0 Å². The number of thioether (sulfide) groups is 1. The highest BCUT2D eigenvalue weighted by Crippen LogP contribution is 2.37. The minimum Gasteiger partial charge on any atom is -0.330 e. The molecule has 3 rings (SSSR count). The van der Waals surface area contributed by atoms with Gasteiger partial charge in [0.05, 0.1) is 0 Å². The van der Waals surface area contributed by atoms with Crippen molar-refractivity contribution >= 4 is 33.9 Å². The second-order valence-corrected chi connectivity index (χ2v) is 7.10. The molecule has 1 atom stereocenters. The summed E-state index contributed by atoms with van der Waals surface area (Å²) in [7, 11) is 0. The lowest BCUT2D eigenvalue weighted by Crippen LogP contribution is -1.88. The SMILES string of the molecule is C[C@@H](Sc1nnc(Nc2ccccc2)s1)c1ccccc1. The van der Waals surface area contributed by atoms with Gasteiger partial charge in [-0.25, -0.2) is 0 Å². The number of benzene rings is 2. The molecule has 0 spiro atoms. The zero-order chi connectivity index (χ0) is 14.5. The summed E-state index contributed by atoms with van der Waals surface area (Å²) in [5, 5.41) is 12.9. The molecule has 1 heterocycles. The van der Waals surface area contributed by atoms with Crippen LogP contribution in [-0.2, 0) is 0 Å². The molecular weight excluding hydrogens is 298 g/mol. The van der Waals surface area contributed by atoms with Gasteiger partial charge in [0.2, 0.25) is 5.13 Å². The Morgan fingerprint density at radius 3 is 2.33 bits per heavy atom. The third-order valence-electron chi connectivity index (χ3n) is 2.98. The van der Waals surface area contributed by atoms with Crippen molar-refractivity contribution in [3.63, 3.8) is 0 Å². The summed E-state index contributed by atoms with van der Waals surface area (Å²) in [5.41, 5.74) is 2.33. The van der Waals surface area contributed by atoms with Gasteiger partial charge in [-0.05, 0) is 24.6 Å². The molecule has 5 heteroatoms. The van der Waals surface area contributed by atoms with Gasteiger partial charge in [0, 0.05) is 10.9 Å². The van der Waals surface area contributed by atoms with Gasteiger partial charge in [0.25, 0.3) is 0 Å². The van der Waals surface area contributed by atoms with E-state index in [1.165, 1.54) is 5.56 Å². The first kappa shape index (κ1) is 14.1. The highest BCUT2D eigenvalue weighted by Gasteiger charge is 2.11. The molecule has 0 amide bonds. The maximum atomic E-state index is 4.25. The summed E-state index contributed by atoms with van der Waals surface area (Å²) in [6.45, 7) is 2.19. The van der Waals surface area contributed by atoms with Crippen LogP contribution in [0.25, 0.3) is 0 Å². The van der Waals surface area contributed by atoms with Gasteiger partial charge in [-0.2, -0.15) is 0 Å². The minimum atomic E-state index is 0.365. The van der Waals surface area contributed by atoms with Crippen LogP contribution in [0.4, 0.5) is 10.8 Å². The monoisotopic (exact) mass is 313 g/mol. The van der Waals surface area contributed by atoms with Crippen LogP contribution in [0.2, 0.25) is 0 Å². The third kappa shape index (κ3) is 3.83. The molecule has 1 aromatic heterocycles. The van der Waals surface area contributed by atoms with Gasteiger partial charge in [-0.15, -0.1) is 10.2 Å². The van der Waals surface area contributed by atoms with E-state index < -0.39 is 0 Å². The van der Waals surface area contributed by atoms with Crippen LogP contribution in [0.5, 0.6) is 0 Å². The molecule has 0 saturated heterocycles. The predicted octanol–water partition coefficient (Wildman–Crippen LogP) is 5.14. The fourth-order valence-corrected chi connectivity index (χ4v) is 3.94. The van der Waals surface area contributed by atoms with Gasteiger partial charge >= 0.3 is 0 Å². The van der Waals surface area contributed by atoms with E-state index in [1.807, 2.05) is 36.4 Å². The molecule has 3 nitrogen and oxygen atoms in total. The zero-order valence-electron chi connectivity index (χ0n) is 11.6. The molecule has 0 saturated carbocycles. The van der Waals surface area contributed by atoms with E-state index >= 15 is 0 Å². The van der Waals surface area contributed by atoms with Crippen molar-refractivity contribution in [3.8, 4) is 0 Å². The number of para-hydroxylation sites is 1. The standard InChI is InChI=1S/C16H15N3S2/c1-12(13-8-4-2-5-9-13)20-16-19-18-15(21-16)17-14-10-6-3-7-11-14/h2-12H,1H3,(H,17,18)/t12-/m1/s1. The van der Waals surface area contributed by atoms with E-state index in [1.54, 1.807) is 23.1 Å². The lowest BCUT2D eigenvalue weighted by atomic mass is 10.2. The topological polar surface area (TPSA) is 37.8 Å². The van der Waals surface area contributed by atoms with E-state index in [0.29, 0.717) is 5.25 Å². The van der Waals surface area contributed by atoms with Crippen molar-refractivity contribution in [1.29, 1.82) is 0 Å². The van der Waals surface area contributed by atoms with Gasteiger partial charge in [0.15, 0.2) is 4.34 Å². The van der Waals surface area contributed by atoms with Crippen molar-refractivity contribution in [1.82, 2.24) is 10.2 Å². The van der Waals surface area contributed by atoms with Crippen LogP contribution in [0.15, 0.2) is 65.0 Å². The molecule has 106 valence electrons. The largest absolute Gasteiger partial charge is 0.330 e. The van der Waals surface area contributed by atoms with E-state index in [4.69, 9.17) is 0 Å². The molecule has 0 aliphatic heterocycles. The highest BCUT2D eigenvalue weighted by atomic mass is 32.2. The Morgan fingerprint density at radius 2 is 1.62 bits per heavy atom. The third-order valence-corrected chi connectivity index (χ3v) is 5.06. The average Bonchev–Trinajstić information content (AvgIpc) is 2.96. The van der Waals surface area contributed by atoms with Crippen molar-refractivity contribution in [3.05, 3.63) is 66.2 Å². The van der Waals surface area contributed by atoms with Gasteiger partial charge in [0.1, 0.15) is 0 Å². The Hall–Kier alpha value is -1.85. The van der Waals surface area contributed by atoms with Crippen LogP contribution in [0.1, 0.15) is 17.7 Å². The average molecular weight is 313 g/mol. The van der Waals surface area contributed by atoms with E-state index in [0.717, 1.165) is 15.2 Å². The molecule has 21 heavy (non-hydrogen) atoms. The number of hydrogen-bond acceptors (Lipinski definition) is 5. The highest BCUT2D eigenvalue weighted by molar-refractivity contribution is 8.01. The van der Waals surface area contributed by atoms with Crippen LogP contribution >= 0.6 is 23.1 Å². The summed E-state index contributed by atoms with van der Waals surface area (Å²) >= 11 is 3.31. The van der Waals surface area contributed by atoms with Gasteiger partial charge in [-0.3, -0.25) is 0 Å². The van der Waals surface area contributed by atoms with Gasteiger partial charge in [-0.1, -0.05) is 71.6 Å². The number of anilines is 2. The number of hydrogen-bond donors (Lipinski definition) is 1. The lowest BCUT2D eigenvalue weighted by Gasteiger charge is -2.08. The Kier molecular flexibility index (Phi) is 4.52. The fraction of sp³-hybridized carbons (Fsp3) is 0.125. The zero-order valence-corrected chi connectivity index (χ0v) is 13.2. The molecule has 0 aliphatic carbocycles. The Balaban J connectivity index is 1.65. The van der Waals surface area contributed by atoms with Crippen molar-refractivity contribution < 1.29 is 0 Å². The summed E-state index contributed by atoms with van der Waals surface area (Å²) < 4.78 is 0.977. The maximum Gasteiger partial charge on any atom is 0.210 e. The Morgan fingerprint density at radius 1 is 0.952 bits per heavy atom. The quantitative estimate of drug-likeness (QED) is 0.662. The normalized spacial score (nSPS) is 12.0. The minimum absolute atomic E-state index is 0.365. The van der Waals surface area contributed by atoms with E-state index in [-0.39, 0.29) is 0 Å². The molecule has 1 N–H and O–H groups in total. The Labute approximate surface area is 132 Å². The fourth-order valence-electron chi connectivity index (χ4n) is 1.90. The second kappa shape index (κ2) is 6.74. The second-order valence-electron chi connectivity index (χ2n) is 4.53.